The quantitative estimate of drug-likeness (QED) is 0.778. The third-order valence-electron chi connectivity index (χ3n) is 4.40. The fraction of sp³-hybridized carbons (Fsp3) is 1.00. The first kappa shape index (κ1) is 16.0. The third-order valence-corrected chi connectivity index (χ3v) is 4.40. The second-order valence-corrected chi connectivity index (χ2v) is 7.05. The minimum Gasteiger partial charge on any atom is -0.380 e. The summed E-state index contributed by atoms with van der Waals surface area (Å²) in [7, 11) is 0. The van der Waals surface area contributed by atoms with Crippen LogP contribution in [0.5, 0.6) is 0 Å². The maximum absolute atomic E-state index is 5.43. The molecule has 1 atom stereocenters. The van der Waals surface area contributed by atoms with Crippen LogP contribution in [0.2, 0.25) is 0 Å². The van der Waals surface area contributed by atoms with Gasteiger partial charge in [-0.3, -0.25) is 0 Å². The molecule has 2 heteroatoms. The highest BCUT2D eigenvalue weighted by atomic mass is 16.5. The minimum atomic E-state index is 0.491. The summed E-state index contributed by atoms with van der Waals surface area (Å²) in [5, 5.41) is 3.62. The van der Waals surface area contributed by atoms with E-state index in [1.54, 1.807) is 0 Å². The van der Waals surface area contributed by atoms with E-state index in [9.17, 15) is 0 Å². The monoisotopic (exact) mass is 255 g/mol. The Balaban J connectivity index is 2.16. The number of ether oxygens (including phenoxy) is 1. The molecule has 0 aromatic carbocycles. The SMILES string of the molecule is CCOCC(C)NCC1CCC(C(C)(C)C)CC1. The van der Waals surface area contributed by atoms with Crippen LogP contribution >= 0.6 is 0 Å². The van der Waals surface area contributed by atoms with Gasteiger partial charge in [0.25, 0.3) is 0 Å². The Kier molecular flexibility index (Phi) is 6.65. The van der Waals surface area contributed by atoms with Crippen molar-refractivity contribution in [2.45, 2.75) is 66.3 Å². The Bertz CT molecular complexity index is 214. The van der Waals surface area contributed by atoms with E-state index in [2.05, 4.69) is 39.9 Å². The van der Waals surface area contributed by atoms with Crippen LogP contribution in [-0.4, -0.2) is 25.8 Å². The van der Waals surface area contributed by atoms with Crippen molar-refractivity contribution in [3.8, 4) is 0 Å². The lowest BCUT2D eigenvalue weighted by Crippen LogP contribution is -2.36. The summed E-state index contributed by atoms with van der Waals surface area (Å²) in [4.78, 5) is 0. The van der Waals surface area contributed by atoms with Crippen LogP contribution in [0.25, 0.3) is 0 Å². The highest BCUT2D eigenvalue weighted by Crippen LogP contribution is 2.39. The van der Waals surface area contributed by atoms with Gasteiger partial charge in [-0.25, -0.2) is 0 Å². The van der Waals surface area contributed by atoms with E-state index in [-0.39, 0.29) is 0 Å². The summed E-state index contributed by atoms with van der Waals surface area (Å²) in [6.07, 6.45) is 5.62. The average Bonchev–Trinajstić information content (AvgIpc) is 2.33. The van der Waals surface area contributed by atoms with Gasteiger partial charge in [-0.1, -0.05) is 20.8 Å². The van der Waals surface area contributed by atoms with Crippen molar-refractivity contribution in [1.29, 1.82) is 0 Å². The molecule has 2 nitrogen and oxygen atoms in total. The van der Waals surface area contributed by atoms with Crippen molar-refractivity contribution in [3.63, 3.8) is 0 Å². The Hall–Kier alpha value is -0.0800. The standard InChI is InChI=1S/C16H33NO/c1-6-18-12-13(2)17-11-14-7-9-15(10-8-14)16(3,4)5/h13-15,17H,6-12H2,1-5H3. The molecule has 0 aliphatic heterocycles. The molecule has 0 saturated heterocycles. The molecule has 0 bridgehead atoms. The Morgan fingerprint density at radius 3 is 2.28 bits per heavy atom. The average molecular weight is 255 g/mol. The molecule has 1 fully saturated rings. The largest absolute Gasteiger partial charge is 0.380 e. The molecular formula is C16H33NO. The first-order valence-electron chi connectivity index (χ1n) is 7.74. The molecule has 0 aromatic heterocycles. The topological polar surface area (TPSA) is 21.3 Å². The molecule has 1 aliphatic rings. The lowest BCUT2D eigenvalue weighted by molar-refractivity contribution is 0.119. The van der Waals surface area contributed by atoms with Gasteiger partial charge in [0.15, 0.2) is 0 Å². The van der Waals surface area contributed by atoms with Gasteiger partial charge in [-0.05, 0) is 63.3 Å². The second kappa shape index (κ2) is 7.49. The van der Waals surface area contributed by atoms with Crippen LogP contribution in [0.15, 0.2) is 0 Å². The Labute approximate surface area is 114 Å². The fourth-order valence-electron chi connectivity index (χ4n) is 2.95. The molecule has 1 saturated carbocycles. The van der Waals surface area contributed by atoms with Crippen molar-refractivity contribution < 1.29 is 4.74 Å². The molecule has 0 amide bonds. The van der Waals surface area contributed by atoms with Crippen LogP contribution in [0.1, 0.15) is 60.3 Å². The summed E-state index contributed by atoms with van der Waals surface area (Å²) < 4.78 is 5.43. The van der Waals surface area contributed by atoms with Gasteiger partial charge in [0, 0.05) is 12.6 Å². The van der Waals surface area contributed by atoms with Crippen LogP contribution < -0.4 is 5.32 Å². The van der Waals surface area contributed by atoms with Crippen LogP contribution in [0.4, 0.5) is 0 Å². The van der Waals surface area contributed by atoms with E-state index in [4.69, 9.17) is 4.74 Å². The maximum atomic E-state index is 5.43. The van der Waals surface area contributed by atoms with Crippen molar-refractivity contribution in [2.24, 2.45) is 17.3 Å². The fourth-order valence-corrected chi connectivity index (χ4v) is 2.95. The van der Waals surface area contributed by atoms with Crippen LogP contribution in [-0.2, 0) is 4.74 Å². The highest BCUT2D eigenvalue weighted by Gasteiger charge is 2.29. The summed E-state index contributed by atoms with van der Waals surface area (Å²) >= 11 is 0. The Morgan fingerprint density at radius 1 is 1.17 bits per heavy atom. The molecule has 1 aliphatic carbocycles. The maximum Gasteiger partial charge on any atom is 0.0616 e. The summed E-state index contributed by atoms with van der Waals surface area (Å²) in [6.45, 7) is 14.3. The molecule has 1 unspecified atom stereocenters. The zero-order chi connectivity index (χ0) is 13.6. The first-order valence-corrected chi connectivity index (χ1v) is 7.74. The van der Waals surface area contributed by atoms with Gasteiger partial charge in [0.1, 0.15) is 0 Å². The summed E-state index contributed by atoms with van der Waals surface area (Å²) in [5.74, 6) is 1.81. The van der Waals surface area contributed by atoms with E-state index in [1.165, 1.54) is 32.2 Å². The van der Waals surface area contributed by atoms with Crippen molar-refractivity contribution in [3.05, 3.63) is 0 Å². The van der Waals surface area contributed by atoms with Gasteiger partial charge in [0.05, 0.1) is 6.61 Å². The van der Waals surface area contributed by atoms with Crippen molar-refractivity contribution in [2.75, 3.05) is 19.8 Å². The van der Waals surface area contributed by atoms with Crippen LogP contribution in [0.3, 0.4) is 0 Å². The first-order chi connectivity index (χ1) is 8.43. The van der Waals surface area contributed by atoms with Gasteiger partial charge in [-0.2, -0.15) is 0 Å². The molecule has 0 aromatic rings. The minimum absolute atomic E-state index is 0.491. The van der Waals surface area contributed by atoms with Gasteiger partial charge in [0.2, 0.25) is 0 Å². The molecule has 18 heavy (non-hydrogen) atoms. The molecule has 0 heterocycles. The van der Waals surface area contributed by atoms with E-state index in [0.717, 1.165) is 25.0 Å². The Morgan fingerprint density at radius 2 is 1.78 bits per heavy atom. The predicted molar refractivity (Wildman–Crippen MR) is 78.9 cm³/mol. The van der Waals surface area contributed by atoms with E-state index >= 15 is 0 Å². The van der Waals surface area contributed by atoms with Crippen LogP contribution in [0, 0.1) is 17.3 Å². The molecule has 0 radical (unpaired) electrons. The lowest BCUT2D eigenvalue weighted by atomic mass is 9.70. The van der Waals surface area contributed by atoms with Gasteiger partial charge >= 0.3 is 0 Å². The lowest BCUT2D eigenvalue weighted by Gasteiger charge is -2.37. The number of nitrogens with one attached hydrogen (secondary N) is 1. The summed E-state index contributed by atoms with van der Waals surface area (Å²) in [6, 6.07) is 0.491. The predicted octanol–water partition coefficient (Wildman–Crippen LogP) is 3.85. The zero-order valence-electron chi connectivity index (χ0n) is 13.1. The van der Waals surface area contributed by atoms with E-state index in [0.29, 0.717) is 11.5 Å². The normalized spacial score (nSPS) is 27.2. The highest BCUT2D eigenvalue weighted by molar-refractivity contribution is 4.81. The number of hydrogen-bond acceptors (Lipinski definition) is 2. The van der Waals surface area contributed by atoms with Gasteiger partial charge < -0.3 is 10.1 Å². The smallest absolute Gasteiger partial charge is 0.0616 e. The van der Waals surface area contributed by atoms with Gasteiger partial charge in [-0.15, -0.1) is 0 Å². The van der Waals surface area contributed by atoms with E-state index < -0.39 is 0 Å². The second-order valence-electron chi connectivity index (χ2n) is 7.05. The number of rotatable bonds is 6. The van der Waals surface area contributed by atoms with Crippen molar-refractivity contribution in [1.82, 2.24) is 5.32 Å². The summed E-state index contributed by atoms with van der Waals surface area (Å²) in [5.41, 5.74) is 0.501. The zero-order valence-corrected chi connectivity index (χ0v) is 13.1. The number of hydrogen-bond donors (Lipinski definition) is 1. The molecule has 108 valence electrons. The van der Waals surface area contributed by atoms with Crippen molar-refractivity contribution >= 4 is 0 Å². The molecule has 1 rings (SSSR count). The third kappa shape index (κ3) is 5.71. The van der Waals surface area contributed by atoms with E-state index in [1.807, 2.05) is 0 Å². The molecule has 0 spiro atoms. The molecular weight excluding hydrogens is 222 g/mol. The molecule has 1 N–H and O–H groups in total.